The predicted octanol–water partition coefficient (Wildman–Crippen LogP) is 3.14. The van der Waals surface area contributed by atoms with Crippen molar-refractivity contribution in [2.75, 3.05) is 0 Å². The minimum absolute atomic E-state index is 0.384. The first-order chi connectivity index (χ1) is 6.55. The van der Waals surface area contributed by atoms with Gasteiger partial charge in [0.25, 0.3) is 0 Å². The zero-order valence-corrected chi connectivity index (χ0v) is 9.42. The molecule has 1 N–H and O–H groups in total. The van der Waals surface area contributed by atoms with E-state index >= 15 is 0 Å². The van der Waals surface area contributed by atoms with Crippen molar-refractivity contribution in [3.05, 3.63) is 12.2 Å². The van der Waals surface area contributed by atoms with Gasteiger partial charge in [-0.3, -0.25) is 0 Å². The summed E-state index contributed by atoms with van der Waals surface area (Å²) in [4.78, 5) is 0. The summed E-state index contributed by atoms with van der Waals surface area (Å²) in [6.45, 7) is 8.67. The van der Waals surface area contributed by atoms with Gasteiger partial charge in [-0.1, -0.05) is 38.8 Å². The largest absolute Gasteiger partial charge is 0.389 e. The maximum atomic E-state index is 10.7. The smallest absolute Gasteiger partial charge is 0.0738 e. The zero-order valence-electron chi connectivity index (χ0n) is 9.42. The molecule has 14 heavy (non-hydrogen) atoms. The molecule has 0 aromatic rings. The molecule has 1 nitrogen and oxygen atoms in total. The number of hydrogen-bond donors (Lipinski definition) is 1. The van der Waals surface area contributed by atoms with E-state index in [-0.39, 0.29) is 0 Å². The van der Waals surface area contributed by atoms with Crippen molar-refractivity contribution in [2.45, 2.75) is 51.6 Å². The van der Waals surface area contributed by atoms with Crippen LogP contribution in [0.1, 0.15) is 46.0 Å². The highest BCUT2D eigenvalue weighted by atomic mass is 16.3. The van der Waals surface area contributed by atoms with Gasteiger partial charge in [-0.15, -0.1) is 0 Å². The molecule has 0 saturated heterocycles. The summed E-state index contributed by atoms with van der Waals surface area (Å²) in [6, 6.07) is 0. The van der Waals surface area contributed by atoms with Gasteiger partial charge in [-0.05, 0) is 31.1 Å². The third kappa shape index (κ3) is 1.33. The molecule has 2 aliphatic rings. The quantitative estimate of drug-likeness (QED) is 0.587. The molecule has 0 unspecified atom stereocenters. The van der Waals surface area contributed by atoms with Crippen molar-refractivity contribution >= 4 is 0 Å². The van der Waals surface area contributed by atoms with Crippen LogP contribution in [0.3, 0.4) is 0 Å². The van der Waals surface area contributed by atoms with Crippen LogP contribution >= 0.6 is 0 Å². The summed E-state index contributed by atoms with van der Waals surface area (Å²) in [6.07, 6.45) is 5.73. The minimum Gasteiger partial charge on any atom is -0.389 e. The van der Waals surface area contributed by atoms with E-state index in [1.165, 1.54) is 18.4 Å². The Kier molecular flexibility index (Phi) is 2.46. The lowest BCUT2D eigenvalue weighted by molar-refractivity contribution is -0.0992. The molecule has 0 heterocycles. The normalized spacial score (nSPS) is 48.8. The molecule has 0 spiro atoms. The summed E-state index contributed by atoms with van der Waals surface area (Å²) < 4.78 is 0. The molecule has 0 radical (unpaired) electrons. The minimum atomic E-state index is -0.415. The van der Waals surface area contributed by atoms with Gasteiger partial charge >= 0.3 is 0 Å². The topological polar surface area (TPSA) is 20.2 Å². The summed E-state index contributed by atoms with van der Waals surface area (Å²) in [7, 11) is 0. The Balaban J connectivity index is 2.27. The fourth-order valence-electron chi connectivity index (χ4n) is 3.51. The highest BCUT2D eigenvalue weighted by molar-refractivity contribution is 5.18. The molecule has 2 rings (SSSR count). The van der Waals surface area contributed by atoms with E-state index in [2.05, 4.69) is 20.4 Å². The van der Waals surface area contributed by atoms with Gasteiger partial charge in [0.2, 0.25) is 0 Å². The van der Waals surface area contributed by atoms with Gasteiger partial charge < -0.3 is 5.11 Å². The number of aliphatic hydroxyl groups is 1. The molecule has 2 saturated carbocycles. The van der Waals surface area contributed by atoms with Crippen molar-refractivity contribution in [1.29, 1.82) is 0 Å². The van der Waals surface area contributed by atoms with Crippen LogP contribution in [-0.2, 0) is 0 Å². The summed E-state index contributed by atoms with van der Waals surface area (Å²) in [5.74, 6) is 1.44. The first-order valence-electron chi connectivity index (χ1n) is 5.96. The molecule has 0 aromatic carbocycles. The maximum Gasteiger partial charge on any atom is 0.0738 e. The molecule has 2 fully saturated rings. The van der Waals surface area contributed by atoms with Gasteiger partial charge in [0.1, 0.15) is 0 Å². The molecule has 0 aromatic heterocycles. The highest BCUT2D eigenvalue weighted by Crippen LogP contribution is 2.50. The van der Waals surface area contributed by atoms with E-state index in [0.29, 0.717) is 17.8 Å². The van der Waals surface area contributed by atoms with E-state index in [0.717, 1.165) is 19.3 Å². The van der Waals surface area contributed by atoms with Crippen LogP contribution in [0.15, 0.2) is 12.2 Å². The molecule has 80 valence electrons. The van der Waals surface area contributed by atoms with Crippen LogP contribution < -0.4 is 0 Å². The van der Waals surface area contributed by atoms with Crippen molar-refractivity contribution in [3.63, 3.8) is 0 Å². The second kappa shape index (κ2) is 3.37. The lowest BCUT2D eigenvalue weighted by Crippen LogP contribution is -2.51. The molecular formula is C13H22O. The van der Waals surface area contributed by atoms with Crippen molar-refractivity contribution in [1.82, 2.24) is 0 Å². The van der Waals surface area contributed by atoms with Crippen molar-refractivity contribution < 1.29 is 5.11 Å². The number of rotatable bonds is 0. The Labute approximate surface area is 87.2 Å². The second-order valence-electron chi connectivity index (χ2n) is 5.40. The first-order valence-corrected chi connectivity index (χ1v) is 5.96. The van der Waals surface area contributed by atoms with E-state index < -0.39 is 5.60 Å². The number of hydrogen-bond acceptors (Lipinski definition) is 1. The van der Waals surface area contributed by atoms with Crippen LogP contribution in [0.5, 0.6) is 0 Å². The molecule has 0 bridgehead atoms. The first kappa shape index (κ1) is 10.2. The zero-order chi connectivity index (χ0) is 10.3. The Morgan fingerprint density at radius 1 is 1.36 bits per heavy atom. The van der Waals surface area contributed by atoms with Crippen LogP contribution in [0.4, 0.5) is 0 Å². The maximum absolute atomic E-state index is 10.7. The Hall–Kier alpha value is -0.300. The molecule has 0 amide bonds. The van der Waals surface area contributed by atoms with Crippen molar-refractivity contribution in [3.8, 4) is 0 Å². The molecule has 1 heteroatoms. The number of fused-ring (bicyclic) bond motifs is 1. The molecular weight excluding hydrogens is 172 g/mol. The van der Waals surface area contributed by atoms with Gasteiger partial charge in [-0.2, -0.15) is 0 Å². The third-order valence-corrected chi connectivity index (χ3v) is 4.56. The van der Waals surface area contributed by atoms with Crippen LogP contribution in [0.25, 0.3) is 0 Å². The second-order valence-corrected chi connectivity index (χ2v) is 5.40. The monoisotopic (exact) mass is 194 g/mol. The van der Waals surface area contributed by atoms with Gasteiger partial charge in [0.15, 0.2) is 0 Å². The van der Waals surface area contributed by atoms with E-state index in [4.69, 9.17) is 0 Å². The van der Waals surface area contributed by atoms with E-state index in [9.17, 15) is 5.11 Å². The average molecular weight is 194 g/mol. The predicted molar refractivity (Wildman–Crippen MR) is 59.0 cm³/mol. The fraction of sp³-hybridized carbons (Fsp3) is 0.846. The molecule has 0 aliphatic heterocycles. The molecule has 2 aliphatic carbocycles. The standard InChI is InChI=1S/C13H22O/c1-9-8-10(2)13(14)7-5-4-6-12(13)11(9)3/h9-10,12,14H,3-8H2,1-2H3/t9-,10-,12+,13-/m1/s1. The molecule has 4 atom stereocenters. The SMILES string of the molecule is C=C1[C@H](C)C[C@@H](C)[C@]2(O)CCCC[C@@H]12. The Bertz CT molecular complexity index is 246. The summed E-state index contributed by atoms with van der Waals surface area (Å²) in [5.41, 5.74) is 0.896. The Morgan fingerprint density at radius 2 is 2.07 bits per heavy atom. The van der Waals surface area contributed by atoms with Crippen molar-refractivity contribution in [2.24, 2.45) is 17.8 Å². The average Bonchev–Trinajstić information content (AvgIpc) is 2.15. The van der Waals surface area contributed by atoms with Gasteiger partial charge in [0.05, 0.1) is 5.60 Å². The van der Waals surface area contributed by atoms with E-state index in [1.54, 1.807) is 0 Å². The Morgan fingerprint density at radius 3 is 2.79 bits per heavy atom. The van der Waals surface area contributed by atoms with Gasteiger partial charge in [0, 0.05) is 5.92 Å². The lowest BCUT2D eigenvalue weighted by atomic mass is 9.58. The summed E-state index contributed by atoms with van der Waals surface area (Å²) >= 11 is 0. The fourth-order valence-corrected chi connectivity index (χ4v) is 3.51. The van der Waals surface area contributed by atoms with Crippen LogP contribution in [0, 0.1) is 17.8 Å². The highest BCUT2D eigenvalue weighted by Gasteiger charge is 2.48. The van der Waals surface area contributed by atoms with E-state index in [1.807, 2.05) is 0 Å². The van der Waals surface area contributed by atoms with Crippen LogP contribution in [-0.4, -0.2) is 10.7 Å². The lowest BCUT2D eigenvalue weighted by Gasteiger charge is -2.51. The van der Waals surface area contributed by atoms with Gasteiger partial charge in [-0.25, -0.2) is 0 Å². The van der Waals surface area contributed by atoms with Crippen LogP contribution in [0.2, 0.25) is 0 Å². The third-order valence-electron chi connectivity index (χ3n) is 4.56. The summed E-state index contributed by atoms with van der Waals surface area (Å²) in [5, 5.41) is 10.7.